The molecule has 0 spiro atoms. The Morgan fingerprint density at radius 2 is 1.69 bits per heavy atom. The van der Waals surface area contributed by atoms with Crippen molar-refractivity contribution in [2.75, 3.05) is 10.6 Å². The largest absolute Gasteiger partial charge is 0.322 e. The van der Waals surface area contributed by atoms with Crippen molar-refractivity contribution in [2.45, 2.75) is 30.9 Å². The Bertz CT molecular complexity index is 1450. The Labute approximate surface area is 219 Å². The molecule has 0 aliphatic rings. The summed E-state index contributed by atoms with van der Waals surface area (Å²) >= 11 is 2.74. The summed E-state index contributed by atoms with van der Waals surface area (Å²) in [5, 5.41) is 17.6. The first kappa shape index (κ1) is 25.2. The number of hydrogen-bond donors (Lipinski definition) is 2. The van der Waals surface area contributed by atoms with Gasteiger partial charge < -0.3 is 10.6 Å². The molecule has 0 radical (unpaired) electrons. The van der Waals surface area contributed by atoms with Gasteiger partial charge in [-0.25, -0.2) is 0 Å². The molecule has 7 heteroatoms. The van der Waals surface area contributed by atoms with Gasteiger partial charge in [-0.3, -0.25) is 9.59 Å². The zero-order valence-electron chi connectivity index (χ0n) is 20.2. The van der Waals surface area contributed by atoms with Crippen LogP contribution < -0.4 is 10.6 Å². The highest BCUT2D eigenvalue weighted by atomic mass is 32.2. The summed E-state index contributed by atoms with van der Waals surface area (Å²) in [6.45, 7) is 5.78. The third-order valence-corrected chi connectivity index (χ3v) is 7.55. The summed E-state index contributed by atoms with van der Waals surface area (Å²) in [7, 11) is 0. The Balaban J connectivity index is 1.42. The van der Waals surface area contributed by atoms with Crippen LogP contribution in [0.5, 0.6) is 0 Å². The molecule has 0 saturated heterocycles. The van der Waals surface area contributed by atoms with E-state index >= 15 is 0 Å². The molecule has 0 bridgehead atoms. The van der Waals surface area contributed by atoms with Crippen LogP contribution in [0.15, 0.2) is 83.1 Å². The Morgan fingerprint density at radius 3 is 2.42 bits per heavy atom. The zero-order valence-corrected chi connectivity index (χ0v) is 21.8. The highest BCUT2D eigenvalue weighted by Crippen LogP contribution is 2.36. The van der Waals surface area contributed by atoms with Crippen molar-refractivity contribution in [3.8, 4) is 17.2 Å². The van der Waals surface area contributed by atoms with Crippen molar-refractivity contribution in [3.63, 3.8) is 0 Å². The second-order valence-corrected chi connectivity index (χ2v) is 10.7. The SMILES string of the molecule is Cc1ccc(-c2csc(NC(=O)C(C)Sc3cccc(NC(=O)c4cccc(C)c4)c3)c2C#N)cc1. The lowest BCUT2D eigenvalue weighted by atomic mass is 10.0. The number of aryl methyl sites for hydroxylation is 2. The van der Waals surface area contributed by atoms with Crippen LogP contribution in [0.2, 0.25) is 0 Å². The molecule has 1 aromatic heterocycles. The van der Waals surface area contributed by atoms with E-state index in [-0.39, 0.29) is 11.8 Å². The molecule has 4 aromatic rings. The summed E-state index contributed by atoms with van der Waals surface area (Å²) in [5.41, 5.74) is 5.64. The number of nitrogens with zero attached hydrogens (tertiary/aromatic N) is 1. The number of anilines is 2. The number of amides is 2. The lowest BCUT2D eigenvalue weighted by Crippen LogP contribution is -2.22. The molecule has 36 heavy (non-hydrogen) atoms. The fraction of sp³-hybridized carbons (Fsp3) is 0.138. The van der Waals surface area contributed by atoms with Gasteiger partial charge >= 0.3 is 0 Å². The predicted molar refractivity (Wildman–Crippen MR) is 149 cm³/mol. The van der Waals surface area contributed by atoms with E-state index in [4.69, 9.17) is 0 Å². The minimum absolute atomic E-state index is 0.183. The lowest BCUT2D eigenvalue weighted by molar-refractivity contribution is -0.115. The van der Waals surface area contributed by atoms with Gasteiger partial charge in [0.15, 0.2) is 0 Å². The highest BCUT2D eigenvalue weighted by Gasteiger charge is 2.20. The van der Waals surface area contributed by atoms with Gasteiger partial charge in [0.05, 0.1) is 10.8 Å². The number of rotatable bonds is 7. The van der Waals surface area contributed by atoms with Crippen molar-refractivity contribution in [3.05, 3.63) is 100 Å². The third kappa shape index (κ3) is 6.03. The number of thiophene rings is 1. The van der Waals surface area contributed by atoms with Crippen molar-refractivity contribution >= 4 is 45.6 Å². The van der Waals surface area contributed by atoms with Crippen LogP contribution in [-0.4, -0.2) is 17.1 Å². The normalized spacial score (nSPS) is 11.4. The molecule has 0 fully saturated rings. The maximum atomic E-state index is 13.0. The molecule has 4 rings (SSSR count). The molecule has 2 N–H and O–H groups in total. The highest BCUT2D eigenvalue weighted by molar-refractivity contribution is 8.00. The predicted octanol–water partition coefficient (Wildman–Crippen LogP) is 7.28. The van der Waals surface area contributed by atoms with Crippen LogP contribution in [0.25, 0.3) is 11.1 Å². The minimum atomic E-state index is -0.413. The van der Waals surface area contributed by atoms with Gasteiger partial charge in [-0.1, -0.05) is 53.6 Å². The van der Waals surface area contributed by atoms with Crippen molar-refractivity contribution < 1.29 is 9.59 Å². The minimum Gasteiger partial charge on any atom is -0.322 e. The first-order chi connectivity index (χ1) is 17.3. The van der Waals surface area contributed by atoms with E-state index in [1.54, 1.807) is 6.07 Å². The van der Waals surface area contributed by atoms with Crippen LogP contribution in [-0.2, 0) is 4.79 Å². The molecular formula is C29H25N3O2S2. The molecule has 1 atom stereocenters. The lowest BCUT2D eigenvalue weighted by Gasteiger charge is -2.13. The average Bonchev–Trinajstić information content (AvgIpc) is 3.27. The molecule has 0 aliphatic carbocycles. The number of thioether (sulfide) groups is 1. The summed E-state index contributed by atoms with van der Waals surface area (Å²) in [6, 6.07) is 25.0. The van der Waals surface area contributed by atoms with Crippen molar-refractivity contribution in [2.24, 2.45) is 0 Å². The van der Waals surface area contributed by atoms with Crippen LogP contribution in [0.4, 0.5) is 10.7 Å². The fourth-order valence-electron chi connectivity index (χ4n) is 3.61. The Morgan fingerprint density at radius 1 is 0.944 bits per heavy atom. The first-order valence-electron chi connectivity index (χ1n) is 11.4. The Kier molecular flexibility index (Phi) is 7.89. The number of nitriles is 1. The van der Waals surface area contributed by atoms with E-state index in [2.05, 4.69) is 16.7 Å². The van der Waals surface area contributed by atoms with E-state index in [1.165, 1.54) is 23.1 Å². The van der Waals surface area contributed by atoms with Crippen molar-refractivity contribution in [1.82, 2.24) is 0 Å². The number of hydrogen-bond acceptors (Lipinski definition) is 5. The van der Waals surface area contributed by atoms with Crippen LogP contribution in [0, 0.1) is 25.2 Å². The third-order valence-electron chi connectivity index (χ3n) is 5.56. The van der Waals surface area contributed by atoms with Crippen LogP contribution in [0.1, 0.15) is 34.0 Å². The molecule has 1 unspecified atom stereocenters. The number of carbonyl (C=O) groups excluding carboxylic acids is 2. The van der Waals surface area contributed by atoms with Gasteiger partial charge in [0.1, 0.15) is 11.1 Å². The molecule has 5 nitrogen and oxygen atoms in total. The summed E-state index contributed by atoms with van der Waals surface area (Å²) in [6.07, 6.45) is 0. The molecule has 0 saturated carbocycles. The zero-order chi connectivity index (χ0) is 25.7. The average molecular weight is 512 g/mol. The van der Waals surface area contributed by atoms with Gasteiger partial charge in [-0.2, -0.15) is 5.26 Å². The van der Waals surface area contributed by atoms with Gasteiger partial charge in [0.2, 0.25) is 5.91 Å². The molecule has 1 heterocycles. The molecule has 0 aliphatic heterocycles. The molecule has 180 valence electrons. The topological polar surface area (TPSA) is 82.0 Å². The summed E-state index contributed by atoms with van der Waals surface area (Å²) in [4.78, 5) is 26.4. The number of carbonyl (C=O) groups is 2. The number of benzene rings is 3. The van der Waals surface area contributed by atoms with Crippen LogP contribution in [0.3, 0.4) is 0 Å². The van der Waals surface area contributed by atoms with Gasteiger partial charge in [-0.05, 0) is 56.7 Å². The van der Waals surface area contributed by atoms with Gasteiger partial charge in [0.25, 0.3) is 5.91 Å². The molecule has 3 aromatic carbocycles. The molecule has 2 amide bonds. The summed E-state index contributed by atoms with van der Waals surface area (Å²) < 4.78 is 0. The van der Waals surface area contributed by atoms with Gasteiger partial charge in [-0.15, -0.1) is 23.1 Å². The van der Waals surface area contributed by atoms with Gasteiger partial charge in [0, 0.05) is 27.1 Å². The van der Waals surface area contributed by atoms with E-state index < -0.39 is 5.25 Å². The van der Waals surface area contributed by atoms with E-state index in [0.717, 1.165) is 27.1 Å². The van der Waals surface area contributed by atoms with Crippen LogP contribution >= 0.6 is 23.1 Å². The second kappa shape index (κ2) is 11.3. The quantitative estimate of drug-likeness (QED) is 0.256. The van der Waals surface area contributed by atoms with E-state index in [9.17, 15) is 14.9 Å². The first-order valence-corrected chi connectivity index (χ1v) is 13.1. The smallest absolute Gasteiger partial charge is 0.255 e. The Hall–Kier alpha value is -3.86. The maximum absolute atomic E-state index is 13.0. The summed E-state index contributed by atoms with van der Waals surface area (Å²) in [5.74, 6) is -0.374. The number of nitrogens with one attached hydrogen (secondary N) is 2. The monoisotopic (exact) mass is 511 g/mol. The van der Waals surface area contributed by atoms with E-state index in [0.29, 0.717) is 21.8 Å². The maximum Gasteiger partial charge on any atom is 0.255 e. The van der Waals surface area contributed by atoms with E-state index in [1.807, 2.05) is 92.9 Å². The second-order valence-electron chi connectivity index (χ2n) is 8.43. The molecular weight excluding hydrogens is 486 g/mol. The fourth-order valence-corrected chi connectivity index (χ4v) is 5.46. The standard InChI is InChI=1S/C29H25N3O2S2/c1-18-10-12-21(13-11-18)26-17-35-29(25(26)16-30)32-27(33)20(3)36-24-9-5-8-23(15-24)31-28(34)22-7-4-6-19(2)14-22/h4-15,17,20H,1-3H3,(H,31,34)(H,32,33). The van der Waals surface area contributed by atoms with Crippen molar-refractivity contribution in [1.29, 1.82) is 5.26 Å².